The van der Waals surface area contributed by atoms with Crippen molar-refractivity contribution in [2.24, 2.45) is 40.4 Å². The highest BCUT2D eigenvalue weighted by molar-refractivity contribution is 5.91. The summed E-state index contributed by atoms with van der Waals surface area (Å²) in [4.78, 5) is 25.7. The second-order valence-corrected chi connectivity index (χ2v) is 11.5. The lowest BCUT2D eigenvalue weighted by Gasteiger charge is -2.70. The van der Waals surface area contributed by atoms with Crippen LogP contribution in [0.4, 0.5) is 0 Å². The number of ether oxygens (including phenoxy) is 2. The maximum atomic E-state index is 14.0. The van der Waals surface area contributed by atoms with E-state index in [2.05, 4.69) is 20.8 Å². The molecule has 4 aliphatic carbocycles. The molecule has 0 aromatic rings. The van der Waals surface area contributed by atoms with Gasteiger partial charge in [-0.3, -0.25) is 9.59 Å². The van der Waals surface area contributed by atoms with E-state index in [1.165, 1.54) is 45.6 Å². The van der Waals surface area contributed by atoms with Gasteiger partial charge in [0.25, 0.3) is 0 Å². The SMILES string of the molecule is COC(=O)CC[C@H](C)[C@@H]1CC[C@@H]2[C@@H]3CC[C@@H]4C[C@H]5CC[C@]4(C)[C@@]3(O5)C(=O)C[C@@]21C. The summed E-state index contributed by atoms with van der Waals surface area (Å²) in [6.07, 6.45) is 10.7. The average Bonchev–Trinajstić information content (AvgIpc) is 3.02. The van der Waals surface area contributed by atoms with Crippen molar-refractivity contribution in [1.82, 2.24) is 0 Å². The van der Waals surface area contributed by atoms with E-state index in [9.17, 15) is 9.59 Å². The first kappa shape index (κ1) is 20.0. The Labute approximate surface area is 175 Å². The van der Waals surface area contributed by atoms with Gasteiger partial charge in [0.1, 0.15) is 5.60 Å². The molecule has 9 atom stereocenters. The van der Waals surface area contributed by atoms with E-state index in [1.807, 2.05) is 0 Å². The molecule has 0 aromatic carbocycles. The molecule has 2 saturated heterocycles. The lowest BCUT2D eigenvalue weighted by molar-refractivity contribution is -0.307. The van der Waals surface area contributed by atoms with Crippen molar-refractivity contribution >= 4 is 11.8 Å². The molecule has 4 saturated carbocycles. The summed E-state index contributed by atoms with van der Waals surface area (Å²) >= 11 is 0. The monoisotopic (exact) mass is 402 g/mol. The number of rotatable bonds is 4. The van der Waals surface area contributed by atoms with Crippen LogP contribution >= 0.6 is 0 Å². The Balaban J connectivity index is 1.44. The minimum absolute atomic E-state index is 0.0532. The highest BCUT2D eigenvalue weighted by atomic mass is 16.5. The van der Waals surface area contributed by atoms with Crippen molar-refractivity contribution in [3.05, 3.63) is 0 Å². The Morgan fingerprint density at radius 1 is 1.17 bits per heavy atom. The van der Waals surface area contributed by atoms with Gasteiger partial charge in [0.05, 0.1) is 13.2 Å². The van der Waals surface area contributed by atoms with Crippen molar-refractivity contribution < 1.29 is 19.1 Å². The number of Topliss-reactive ketones (excluding diaryl/α,β-unsaturated/α-hetero) is 1. The smallest absolute Gasteiger partial charge is 0.305 e. The topological polar surface area (TPSA) is 52.6 Å². The molecule has 0 amide bonds. The van der Waals surface area contributed by atoms with E-state index in [-0.39, 0.29) is 16.8 Å². The van der Waals surface area contributed by atoms with Crippen LogP contribution in [-0.4, -0.2) is 30.6 Å². The molecule has 6 fully saturated rings. The van der Waals surface area contributed by atoms with Gasteiger partial charge in [0.15, 0.2) is 5.78 Å². The van der Waals surface area contributed by atoms with Gasteiger partial charge in [0, 0.05) is 18.3 Å². The number of ketones is 1. The molecule has 6 rings (SSSR count). The lowest BCUT2D eigenvalue weighted by atomic mass is 9.40. The summed E-state index contributed by atoms with van der Waals surface area (Å²) in [5.74, 6) is 2.93. The van der Waals surface area contributed by atoms with Crippen LogP contribution in [0.3, 0.4) is 0 Å². The zero-order valence-corrected chi connectivity index (χ0v) is 18.7. The summed E-state index contributed by atoms with van der Waals surface area (Å²) in [6.45, 7) is 7.07. The van der Waals surface area contributed by atoms with Crippen LogP contribution in [0.15, 0.2) is 0 Å². The minimum atomic E-state index is -0.495. The molecular weight excluding hydrogens is 364 g/mol. The van der Waals surface area contributed by atoms with Crippen LogP contribution < -0.4 is 0 Å². The van der Waals surface area contributed by atoms with Crippen LogP contribution in [-0.2, 0) is 19.1 Å². The fourth-order valence-corrected chi connectivity index (χ4v) is 9.24. The molecule has 0 aromatic heterocycles. The van der Waals surface area contributed by atoms with Crippen LogP contribution in [0.1, 0.15) is 85.0 Å². The quantitative estimate of drug-likeness (QED) is 0.625. The predicted molar refractivity (Wildman–Crippen MR) is 110 cm³/mol. The first-order valence-corrected chi connectivity index (χ1v) is 12.0. The second-order valence-electron chi connectivity index (χ2n) is 11.5. The molecule has 6 aliphatic rings. The maximum absolute atomic E-state index is 14.0. The van der Waals surface area contributed by atoms with E-state index >= 15 is 0 Å². The van der Waals surface area contributed by atoms with Crippen molar-refractivity contribution in [3.63, 3.8) is 0 Å². The van der Waals surface area contributed by atoms with Crippen molar-refractivity contribution in [3.8, 4) is 0 Å². The fraction of sp³-hybridized carbons (Fsp3) is 0.920. The molecule has 2 aliphatic heterocycles. The van der Waals surface area contributed by atoms with Gasteiger partial charge in [-0.05, 0) is 86.4 Å². The van der Waals surface area contributed by atoms with Gasteiger partial charge < -0.3 is 9.47 Å². The Kier molecular flexibility index (Phi) is 4.52. The fourth-order valence-electron chi connectivity index (χ4n) is 9.24. The Hall–Kier alpha value is -0.900. The third-order valence-electron chi connectivity index (χ3n) is 10.6. The minimum Gasteiger partial charge on any atom is -0.469 e. The molecule has 4 bridgehead atoms. The normalized spacial score (nSPS) is 51.3. The first-order valence-electron chi connectivity index (χ1n) is 12.0. The average molecular weight is 403 g/mol. The molecule has 4 heteroatoms. The summed E-state index contributed by atoms with van der Waals surface area (Å²) in [7, 11) is 1.47. The Bertz CT molecular complexity index is 718. The van der Waals surface area contributed by atoms with Gasteiger partial charge in [-0.25, -0.2) is 0 Å². The summed E-state index contributed by atoms with van der Waals surface area (Å²) in [5, 5.41) is 0. The third-order valence-corrected chi connectivity index (χ3v) is 10.6. The third kappa shape index (κ3) is 2.47. The maximum Gasteiger partial charge on any atom is 0.305 e. The Morgan fingerprint density at radius 2 is 1.93 bits per heavy atom. The van der Waals surface area contributed by atoms with Crippen molar-refractivity contribution in [1.29, 1.82) is 0 Å². The van der Waals surface area contributed by atoms with E-state index in [0.29, 0.717) is 54.3 Å². The van der Waals surface area contributed by atoms with E-state index in [0.717, 1.165) is 12.8 Å². The number of fused-ring (bicyclic) bond motifs is 3. The lowest BCUT2D eigenvalue weighted by Crippen LogP contribution is -2.75. The van der Waals surface area contributed by atoms with E-state index in [4.69, 9.17) is 9.47 Å². The molecule has 29 heavy (non-hydrogen) atoms. The first-order chi connectivity index (χ1) is 13.8. The summed E-state index contributed by atoms with van der Waals surface area (Å²) in [5.41, 5.74) is -0.380. The number of carbonyl (C=O) groups excluding carboxylic acids is 2. The molecule has 0 radical (unpaired) electrons. The summed E-state index contributed by atoms with van der Waals surface area (Å²) < 4.78 is 11.7. The van der Waals surface area contributed by atoms with Gasteiger partial charge in [-0.2, -0.15) is 0 Å². The number of hydrogen-bond acceptors (Lipinski definition) is 4. The zero-order chi connectivity index (χ0) is 20.6. The van der Waals surface area contributed by atoms with Crippen LogP contribution in [0.25, 0.3) is 0 Å². The number of esters is 1. The predicted octanol–water partition coefficient (Wildman–Crippen LogP) is 4.94. The van der Waals surface area contributed by atoms with E-state index < -0.39 is 5.60 Å². The zero-order valence-electron chi connectivity index (χ0n) is 18.7. The number of methoxy groups -OCH3 is 1. The standard InChI is InChI=1S/C25H38O4/c1-15(5-10-22(27)28-4)18-8-9-19-20-7-6-16-13-17-11-12-24(16,3)25(20,29-17)21(26)14-23(18,19)2/h15-20H,5-14H2,1-4H3/t15-,16+,17+,18-,19+,20-,23+,24-,25-/m0/s1. The summed E-state index contributed by atoms with van der Waals surface area (Å²) in [6, 6.07) is 0. The molecular formula is C25H38O4. The molecule has 4 nitrogen and oxygen atoms in total. The van der Waals surface area contributed by atoms with Crippen molar-refractivity contribution in [2.75, 3.05) is 7.11 Å². The Morgan fingerprint density at radius 3 is 2.69 bits per heavy atom. The highest BCUT2D eigenvalue weighted by Crippen LogP contribution is 2.72. The van der Waals surface area contributed by atoms with Gasteiger partial charge >= 0.3 is 5.97 Å². The highest BCUT2D eigenvalue weighted by Gasteiger charge is 2.74. The van der Waals surface area contributed by atoms with Gasteiger partial charge in [-0.15, -0.1) is 0 Å². The molecule has 0 unspecified atom stereocenters. The molecule has 1 spiro atoms. The van der Waals surface area contributed by atoms with Gasteiger partial charge in [0.2, 0.25) is 0 Å². The van der Waals surface area contributed by atoms with Crippen LogP contribution in [0.5, 0.6) is 0 Å². The second kappa shape index (κ2) is 6.55. The largest absolute Gasteiger partial charge is 0.469 e. The van der Waals surface area contributed by atoms with Gasteiger partial charge in [-0.1, -0.05) is 20.8 Å². The van der Waals surface area contributed by atoms with Crippen molar-refractivity contribution in [2.45, 2.75) is 96.7 Å². The molecule has 0 N–H and O–H groups in total. The van der Waals surface area contributed by atoms with Crippen LogP contribution in [0.2, 0.25) is 0 Å². The number of carbonyl (C=O) groups is 2. The molecule has 162 valence electrons. The van der Waals surface area contributed by atoms with E-state index in [1.54, 1.807) is 0 Å². The molecule has 2 heterocycles. The number of hydrogen-bond donors (Lipinski definition) is 0. The van der Waals surface area contributed by atoms with Crippen LogP contribution in [0, 0.1) is 40.4 Å².